The summed E-state index contributed by atoms with van der Waals surface area (Å²) >= 11 is 0. The number of rotatable bonds is 4. The molecule has 0 unspecified atom stereocenters. The van der Waals surface area contributed by atoms with Crippen LogP contribution in [0.25, 0.3) is 0 Å². The van der Waals surface area contributed by atoms with Gasteiger partial charge in [0.25, 0.3) is 0 Å². The maximum Gasteiger partial charge on any atom is 0.410 e. The van der Waals surface area contributed by atoms with Gasteiger partial charge in [-0.3, -0.25) is 0 Å². The lowest BCUT2D eigenvalue weighted by atomic mass is 10.0. The van der Waals surface area contributed by atoms with Crippen molar-refractivity contribution in [3.05, 3.63) is 0 Å². The third kappa shape index (κ3) is 2.63. The molecule has 0 aliphatic carbocycles. The van der Waals surface area contributed by atoms with Crippen LogP contribution >= 0.6 is 0 Å². The number of nitrogens with zero attached hydrogens (tertiary/aromatic N) is 1. The first-order chi connectivity index (χ1) is 6.48. The lowest BCUT2D eigenvalue weighted by Crippen LogP contribution is -2.32. The Morgan fingerprint density at radius 1 is 1.43 bits per heavy atom. The van der Waals surface area contributed by atoms with Crippen LogP contribution in [0.4, 0.5) is 4.79 Å². The summed E-state index contributed by atoms with van der Waals surface area (Å²) < 4.78 is 5.24. The third-order valence-electron chi connectivity index (χ3n) is 2.83. The molecule has 1 aliphatic heterocycles. The lowest BCUT2D eigenvalue weighted by molar-refractivity contribution is 0.0857. The van der Waals surface area contributed by atoms with E-state index in [1.165, 1.54) is 0 Å². The molecule has 1 saturated heterocycles. The first-order valence-electron chi connectivity index (χ1n) is 5.46. The molecule has 0 bridgehead atoms. The molecule has 3 heteroatoms. The number of amides is 1. The maximum absolute atomic E-state index is 11.5. The second kappa shape index (κ2) is 4.20. The Bertz CT molecular complexity index is 209. The van der Waals surface area contributed by atoms with Gasteiger partial charge in [-0.15, -0.1) is 0 Å². The molecule has 14 heavy (non-hydrogen) atoms. The van der Waals surface area contributed by atoms with Crippen molar-refractivity contribution >= 4 is 6.09 Å². The van der Waals surface area contributed by atoms with Gasteiger partial charge in [0, 0.05) is 6.54 Å². The summed E-state index contributed by atoms with van der Waals surface area (Å²) in [5, 5.41) is 0. The predicted molar refractivity (Wildman–Crippen MR) is 56.2 cm³/mol. The van der Waals surface area contributed by atoms with Crippen molar-refractivity contribution in [2.75, 3.05) is 13.1 Å². The fraction of sp³-hybridized carbons (Fsp3) is 0.909. The first kappa shape index (κ1) is 11.3. The molecule has 0 saturated carbocycles. The van der Waals surface area contributed by atoms with Crippen LogP contribution in [0.3, 0.4) is 0 Å². The molecular weight excluding hydrogens is 178 g/mol. The van der Waals surface area contributed by atoms with E-state index in [9.17, 15) is 4.79 Å². The van der Waals surface area contributed by atoms with Crippen LogP contribution in [0.15, 0.2) is 0 Å². The largest absolute Gasteiger partial charge is 0.441 e. The molecular formula is C11H21NO2. The van der Waals surface area contributed by atoms with E-state index in [-0.39, 0.29) is 11.7 Å². The topological polar surface area (TPSA) is 29.5 Å². The van der Waals surface area contributed by atoms with Crippen LogP contribution in [-0.2, 0) is 4.74 Å². The molecule has 82 valence electrons. The van der Waals surface area contributed by atoms with Crippen molar-refractivity contribution in [2.45, 2.75) is 46.1 Å². The van der Waals surface area contributed by atoms with Crippen molar-refractivity contribution in [1.82, 2.24) is 4.90 Å². The van der Waals surface area contributed by atoms with Gasteiger partial charge < -0.3 is 9.64 Å². The van der Waals surface area contributed by atoms with Crippen LogP contribution in [0.2, 0.25) is 0 Å². The summed E-state index contributed by atoms with van der Waals surface area (Å²) in [5.74, 6) is 0.608. The summed E-state index contributed by atoms with van der Waals surface area (Å²) in [6, 6.07) is 0. The van der Waals surface area contributed by atoms with Gasteiger partial charge in [0.1, 0.15) is 5.60 Å². The summed E-state index contributed by atoms with van der Waals surface area (Å²) in [5.41, 5.74) is -0.302. The van der Waals surface area contributed by atoms with Crippen LogP contribution in [-0.4, -0.2) is 29.7 Å². The molecule has 1 rings (SSSR count). The molecule has 3 nitrogen and oxygen atoms in total. The zero-order chi connectivity index (χ0) is 10.8. The van der Waals surface area contributed by atoms with Gasteiger partial charge in [0.2, 0.25) is 0 Å². The molecule has 0 N–H and O–H groups in total. The molecule has 0 atom stereocenters. The van der Waals surface area contributed by atoms with Crippen molar-refractivity contribution in [3.63, 3.8) is 0 Å². The highest BCUT2D eigenvalue weighted by Gasteiger charge is 2.37. The fourth-order valence-electron chi connectivity index (χ4n) is 1.86. The average Bonchev–Trinajstić information content (AvgIpc) is 2.35. The number of carbonyl (C=O) groups is 1. The zero-order valence-corrected chi connectivity index (χ0v) is 9.67. The number of carbonyl (C=O) groups excluding carboxylic acids is 1. The van der Waals surface area contributed by atoms with E-state index in [0.717, 1.165) is 25.9 Å². The van der Waals surface area contributed by atoms with Gasteiger partial charge in [0.05, 0.1) is 6.54 Å². The Morgan fingerprint density at radius 2 is 2.00 bits per heavy atom. The lowest BCUT2D eigenvalue weighted by Gasteiger charge is -2.20. The smallest absolute Gasteiger partial charge is 0.410 e. The Labute approximate surface area is 86.4 Å². The predicted octanol–water partition coefficient (Wildman–Crippen LogP) is 2.65. The Kier molecular flexibility index (Phi) is 3.40. The maximum atomic E-state index is 11.5. The van der Waals surface area contributed by atoms with Crippen LogP contribution < -0.4 is 0 Å². The summed E-state index contributed by atoms with van der Waals surface area (Å²) in [7, 11) is 0. The highest BCUT2D eigenvalue weighted by molar-refractivity contribution is 5.70. The molecule has 0 radical (unpaired) electrons. The molecule has 1 aliphatic rings. The second-order valence-corrected chi connectivity index (χ2v) is 4.69. The van der Waals surface area contributed by atoms with Gasteiger partial charge in [-0.1, -0.05) is 26.7 Å². The molecule has 0 spiro atoms. The fourth-order valence-corrected chi connectivity index (χ4v) is 1.86. The van der Waals surface area contributed by atoms with Gasteiger partial charge in [-0.05, 0) is 19.8 Å². The Morgan fingerprint density at radius 3 is 2.36 bits per heavy atom. The van der Waals surface area contributed by atoms with E-state index in [1.807, 2.05) is 18.7 Å². The Hall–Kier alpha value is -0.730. The van der Waals surface area contributed by atoms with Gasteiger partial charge in [-0.25, -0.2) is 4.79 Å². The summed E-state index contributed by atoms with van der Waals surface area (Å²) in [4.78, 5) is 13.3. The van der Waals surface area contributed by atoms with E-state index in [0.29, 0.717) is 5.92 Å². The van der Waals surface area contributed by atoms with Gasteiger partial charge in [-0.2, -0.15) is 0 Å². The van der Waals surface area contributed by atoms with Crippen LogP contribution in [0.5, 0.6) is 0 Å². The van der Waals surface area contributed by atoms with Crippen molar-refractivity contribution in [1.29, 1.82) is 0 Å². The van der Waals surface area contributed by atoms with E-state index in [1.54, 1.807) is 0 Å². The molecule has 1 amide bonds. The average molecular weight is 199 g/mol. The number of cyclic esters (lactones) is 1. The summed E-state index contributed by atoms with van der Waals surface area (Å²) in [6.45, 7) is 9.81. The number of hydrogen-bond acceptors (Lipinski definition) is 2. The van der Waals surface area contributed by atoms with Crippen molar-refractivity contribution < 1.29 is 9.53 Å². The SMILES string of the molecule is CCC(CC)CN1CC(C)(C)OC1=O. The summed E-state index contributed by atoms with van der Waals surface area (Å²) in [6.07, 6.45) is 2.10. The number of ether oxygens (including phenoxy) is 1. The zero-order valence-electron chi connectivity index (χ0n) is 9.67. The van der Waals surface area contributed by atoms with Crippen LogP contribution in [0.1, 0.15) is 40.5 Å². The molecule has 0 aromatic carbocycles. The van der Waals surface area contributed by atoms with E-state index in [4.69, 9.17) is 4.74 Å². The quantitative estimate of drug-likeness (QED) is 0.696. The number of hydrogen-bond donors (Lipinski definition) is 0. The monoisotopic (exact) mass is 199 g/mol. The van der Waals surface area contributed by atoms with Gasteiger partial charge >= 0.3 is 6.09 Å². The standard InChI is InChI=1S/C11H21NO2/c1-5-9(6-2)7-12-8-11(3,4)14-10(12)13/h9H,5-8H2,1-4H3. The third-order valence-corrected chi connectivity index (χ3v) is 2.83. The molecule has 1 fully saturated rings. The Balaban J connectivity index is 2.50. The van der Waals surface area contributed by atoms with Gasteiger partial charge in [0.15, 0.2) is 0 Å². The highest BCUT2D eigenvalue weighted by atomic mass is 16.6. The highest BCUT2D eigenvalue weighted by Crippen LogP contribution is 2.23. The van der Waals surface area contributed by atoms with E-state index < -0.39 is 0 Å². The first-order valence-corrected chi connectivity index (χ1v) is 5.46. The van der Waals surface area contributed by atoms with E-state index >= 15 is 0 Å². The molecule has 1 heterocycles. The second-order valence-electron chi connectivity index (χ2n) is 4.69. The van der Waals surface area contributed by atoms with Crippen molar-refractivity contribution in [3.8, 4) is 0 Å². The minimum absolute atomic E-state index is 0.151. The molecule has 0 aromatic heterocycles. The minimum Gasteiger partial charge on any atom is -0.441 e. The van der Waals surface area contributed by atoms with E-state index in [2.05, 4.69) is 13.8 Å². The van der Waals surface area contributed by atoms with Crippen LogP contribution in [0, 0.1) is 5.92 Å². The normalized spacial score (nSPS) is 20.4. The van der Waals surface area contributed by atoms with Crippen molar-refractivity contribution in [2.24, 2.45) is 5.92 Å². The minimum atomic E-state index is -0.302. The molecule has 0 aromatic rings.